The van der Waals surface area contributed by atoms with E-state index in [9.17, 15) is 9.59 Å². The molecule has 1 fully saturated rings. The van der Waals surface area contributed by atoms with Crippen LogP contribution in [0.25, 0.3) is 0 Å². The Morgan fingerprint density at radius 2 is 2.25 bits per heavy atom. The van der Waals surface area contributed by atoms with E-state index in [1.807, 2.05) is 0 Å². The first-order valence-corrected chi connectivity index (χ1v) is 4.90. The number of carbonyl (C=O) groups is 2. The average molecular weight is 225 g/mol. The smallest absolute Gasteiger partial charge is 0.347 e. The van der Waals surface area contributed by atoms with Gasteiger partial charge in [-0.1, -0.05) is 5.16 Å². The van der Waals surface area contributed by atoms with Gasteiger partial charge in [-0.05, 0) is 13.8 Å². The maximum Gasteiger partial charge on any atom is 0.347 e. The van der Waals surface area contributed by atoms with Gasteiger partial charge in [-0.25, -0.2) is 9.59 Å². The number of ether oxygens (including phenoxy) is 2. The molecule has 0 N–H and O–H groups in total. The summed E-state index contributed by atoms with van der Waals surface area (Å²) in [6.07, 6.45) is -0.408. The van der Waals surface area contributed by atoms with Gasteiger partial charge in [-0.3, -0.25) is 0 Å². The molecule has 1 aliphatic rings. The lowest BCUT2D eigenvalue weighted by molar-refractivity contribution is -0.145. The Morgan fingerprint density at radius 1 is 1.50 bits per heavy atom. The summed E-state index contributed by atoms with van der Waals surface area (Å²) in [6, 6.07) is 0. The highest BCUT2D eigenvalue weighted by Crippen LogP contribution is 2.17. The van der Waals surface area contributed by atoms with Crippen LogP contribution < -0.4 is 0 Å². The van der Waals surface area contributed by atoms with Gasteiger partial charge in [0.15, 0.2) is 0 Å². The zero-order valence-corrected chi connectivity index (χ0v) is 8.98. The van der Waals surface area contributed by atoms with Crippen LogP contribution in [0.15, 0.2) is 4.52 Å². The lowest BCUT2D eigenvalue weighted by atomic mass is 10.2. The molecule has 0 aliphatic carbocycles. The first-order chi connectivity index (χ1) is 7.59. The zero-order valence-electron chi connectivity index (χ0n) is 8.98. The summed E-state index contributed by atoms with van der Waals surface area (Å²) in [4.78, 5) is 22.8. The maximum atomic E-state index is 11.7. The van der Waals surface area contributed by atoms with Crippen molar-refractivity contribution in [2.75, 3.05) is 6.61 Å². The van der Waals surface area contributed by atoms with Crippen LogP contribution in [-0.2, 0) is 14.3 Å². The SMILES string of the molecule is Cc1noc(C)c1C(=O)O[C@@H]1CCOC1=O. The number of cyclic esters (lactones) is 1. The standard InChI is InChI=1S/C10H11NO5/c1-5-8(6(2)16-11-5)10(13)15-7-3-4-14-9(7)12/h7H,3-4H2,1-2H3/t7-/m1/s1. The van der Waals surface area contributed by atoms with E-state index in [1.54, 1.807) is 13.8 Å². The van der Waals surface area contributed by atoms with Crippen LogP contribution in [0.5, 0.6) is 0 Å². The maximum absolute atomic E-state index is 11.7. The Labute approximate surface area is 91.5 Å². The molecule has 86 valence electrons. The van der Waals surface area contributed by atoms with Crippen molar-refractivity contribution in [1.82, 2.24) is 5.16 Å². The molecular formula is C10H11NO5. The molecule has 0 amide bonds. The Kier molecular flexibility index (Phi) is 2.64. The van der Waals surface area contributed by atoms with Crippen LogP contribution in [0.2, 0.25) is 0 Å². The molecule has 6 heteroatoms. The van der Waals surface area contributed by atoms with Crippen LogP contribution in [0.1, 0.15) is 28.2 Å². The van der Waals surface area contributed by atoms with Crippen molar-refractivity contribution in [2.24, 2.45) is 0 Å². The first-order valence-electron chi connectivity index (χ1n) is 4.90. The average Bonchev–Trinajstić information content (AvgIpc) is 2.75. The second kappa shape index (κ2) is 3.96. The molecule has 0 saturated carbocycles. The van der Waals surface area contributed by atoms with E-state index in [4.69, 9.17) is 9.26 Å². The highest BCUT2D eigenvalue weighted by atomic mass is 16.6. The summed E-state index contributed by atoms with van der Waals surface area (Å²) < 4.78 is 14.5. The molecule has 0 aromatic carbocycles. The molecule has 1 aromatic rings. The van der Waals surface area contributed by atoms with E-state index in [1.165, 1.54) is 0 Å². The van der Waals surface area contributed by atoms with E-state index >= 15 is 0 Å². The van der Waals surface area contributed by atoms with Crippen molar-refractivity contribution >= 4 is 11.9 Å². The summed E-state index contributed by atoms with van der Waals surface area (Å²) >= 11 is 0. The molecule has 0 radical (unpaired) electrons. The largest absolute Gasteiger partial charge is 0.463 e. The fourth-order valence-corrected chi connectivity index (χ4v) is 1.55. The van der Waals surface area contributed by atoms with E-state index in [-0.39, 0.29) is 5.56 Å². The van der Waals surface area contributed by atoms with E-state index < -0.39 is 18.0 Å². The van der Waals surface area contributed by atoms with Gasteiger partial charge in [0.05, 0.1) is 12.3 Å². The van der Waals surface area contributed by atoms with Crippen LogP contribution in [-0.4, -0.2) is 29.8 Å². The van der Waals surface area contributed by atoms with Gasteiger partial charge in [0.2, 0.25) is 6.10 Å². The predicted molar refractivity (Wildman–Crippen MR) is 50.8 cm³/mol. The highest BCUT2D eigenvalue weighted by molar-refractivity contribution is 5.93. The number of nitrogens with zero attached hydrogens (tertiary/aromatic N) is 1. The Balaban J connectivity index is 2.11. The van der Waals surface area contributed by atoms with Crippen molar-refractivity contribution in [3.05, 3.63) is 17.0 Å². The Bertz CT molecular complexity index is 417. The van der Waals surface area contributed by atoms with Crippen LogP contribution in [0.4, 0.5) is 0 Å². The summed E-state index contributed by atoms with van der Waals surface area (Å²) in [5, 5.41) is 3.64. The third kappa shape index (κ3) is 1.78. The monoisotopic (exact) mass is 225 g/mol. The molecule has 6 nitrogen and oxygen atoms in total. The molecule has 2 rings (SSSR count). The quantitative estimate of drug-likeness (QED) is 0.691. The summed E-state index contributed by atoms with van der Waals surface area (Å²) in [7, 11) is 0. The fourth-order valence-electron chi connectivity index (χ4n) is 1.55. The van der Waals surface area contributed by atoms with Crippen molar-refractivity contribution in [2.45, 2.75) is 26.4 Å². The van der Waals surface area contributed by atoms with E-state index in [2.05, 4.69) is 9.89 Å². The molecule has 1 saturated heterocycles. The van der Waals surface area contributed by atoms with E-state index in [0.717, 1.165) is 0 Å². The number of hydrogen-bond donors (Lipinski definition) is 0. The minimum absolute atomic E-state index is 0.278. The summed E-state index contributed by atoms with van der Waals surface area (Å²) in [5.41, 5.74) is 0.730. The van der Waals surface area contributed by atoms with Gasteiger partial charge in [-0.2, -0.15) is 0 Å². The molecule has 1 aliphatic heterocycles. The second-order valence-corrected chi connectivity index (χ2v) is 3.55. The molecule has 2 heterocycles. The van der Waals surface area contributed by atoms with Crippen LogP contribution in [0, 0.1) is 13.8 Å². The minimum atomic E-state index is -0.804. The number of rotatable bonds is 2. The van der Waals surface area contributed by atoms with Gasteiger partial charge >= 0.3 is 11.9 Å². The number of carbonyl (C=O) groups excluding carboxylic acids is 2. The van der Waals surface area contributed by atoms with Gasteiger partial charge < -0.3 is 14.0 Å². The topological polar surface area (TPSA) is 78.6 Å². The minimum Gasteiger partial charge on any atom is -0.463 e. The molecule has 0 bridgehead atoms. The van der Waals surface area contributed by atoms with Crippen molar-refractivity contribution in [3.8, 4) is 0 Å². The van der Waals surface area contributed by atoms with Crippen molar-refractivity contribution in [3.63, 3.8) is 0 Å². The van der Waals surface area contributed by atoms with Gasteiger partial charge in [0, 0.05) is 6.42 Å². The lowest BCUT2D eigenvalue weighted by Gasteiger charge is -2.07. The number of esters is 2. The summed E-state index contributed by atoms with van der Waals surface area (Å²) in [6.45, 7) is 3.54. The molecule has 16 heavy (non-hydrogen) atoms. The zero-order chi connectivity index (χ0) is 11.7. The first kappa shape index (κ1) is 10.7. The third-order valence-electron chi connectivity index (χ3n) is 2.37. The normalized spacial score (nSPS) is 19.6. The second-order valence-electron chi connectivity index (χ2n) is 3.55. The highest BCUT2D eigenvalue weighted by Gasteiger charge is 2.32. The Hall–Kier alpha value is -1.85. The molecular weight excluding hydrogens is 214 g/mol. The van der Waals surface area contributed by atoms with Gasteiger partial charge in [0.25, 0.3) is 0 Å². The fraction of sp³-hybridized carbons (Fsp3) is 0.500. The molecule has 1 aromatic heterocycles. The van der Waals surface area contributed by atoms with Crippen LogP contribution in [0.3, 0.4) is 0 Å². The number of hydrogen-bond acceptors (Lipinski definition) is 6. The number of aryl methyl sites for hydroxylation is 2. The van der Waals surface area contributed by atoms with Crippen molar-refractivity contribution < 1.29 is 23.6 Å². The lowest BCUT2D eigenvalue weighted by Crippen LogP contribution is -2.23. The van der Waals surface area contributed by atoms with Crippen molar-refractivity contribution in [1.29, 1.82) is 0 Å². The molecule has 0 unspecified atom stereocenters. The summed E-state index contributed by atoms with van der Waals surface area (Å²) in [5.74, 6) is -0.714. The third-order valence-corrected chi connectivity index (χ3v) is 2.37. The van der Waals surface area contributed by atoms with E-state index in [0.29, 0.717) is 24.5 Å². The molecule has 0 spiro atoms. The van der Waals surface area contributed by atoms with Crippen LogP contribution >= 0.6 is 0 Å². The number of aromatic nitrogens is 1. The predicted octanol–water partition coefficient (Wildman–Crippen LogP) is 0.764. The van der Waals surface area contributed by atoms with Gasteiger partial charge in [0.1, 0.15) is 11.3 Å². The van der Waals surface area contributed by atoms with Gasteiger partial charge in [-0.15, -0.1) is 0 Å². The molecule has 1 atom stereocenters. The Morgan fingerprint density at radius 3 is 2.75 bits per heavy atom.